The van der Waals surface area contributed by atoms with E-state index in [0.717, 1.165) is 6.61 Å². The van der Waals surface area contributed by atoms with E-state index in [4.69, 9.17) is 10.5 Å². The lowest BCUT2D eigenvalue weighted by molar-refractivity contribution is -0.121. The summed E-state index contributed by atoms with van der Waals surface area (Å²) in [5, 5.41) is 12.6. The molecule has 0 aromatic heterocycles. The summed E-state index contributed by atoms with van der Waals surface area (Å²) >= 11 is 0. The van der Waals surface area contributed by atoms with Gasteiger partial charge in [0.2, 0.25) is 5.91 Å². The summed E-state index contributed by atoms with van der Waals surface area (Å²) in [7, 11) is 0. The molecule has 0 radical (unpaired) electrons. The topological polar surface area (TPSA) is 84.6 Å². The van der Waals surface area contributed by atoms with E-state index in [9.17, 15) is 9.90 Å². The van der Waals surface area contributed by atoms with E-state index in [1.54, 1.807) is 0 Å². The van der Waals surface area contributed by atoms with Crippen LogP contribution in [-0.2, 0) is 9.53 Å². The van der Waals surface area contributed by atoms with Crippen LogP contribution in [0.1, 0.15) is 26.7 Å². The van der Waals surface area contributed by atoms with Gasteiger partial charge in [0.1, 0.15) is 0 Å². The Hall–Kier alpha value is -0.650. The fraction of sp³-hybridized carbons (Fsp3) is 0.917. The standard InChI is InChI=1S/C12H24N2O3/c1-8(2)11(12(13)16)14-5-10(15)7-17-6-9-3-4-9/h8-11,14-15H,3-7H2,1-2H3,(H2,13,16). The van der Waals surface area contributed by atoms with Gasteiger partial charge in [-0.15, -0.1) is 0 Å². The minimum Gasteiger partial charge on any atom is -0.389 e. The lowest BCUT2D eigenvalue weighted by Crippen LogP contribution is -2.48. The molecule has 4 N–H and O–H groups in total. The molecule has 17 heavy (non-hydrogen) atoms. The van der Waals surface area contributed by atoms with Crippen molar-refractivity contribution < 1.29 is 14.6 Å². The molecule has 5 nitrogen and oxygen atoms in total. The number of carbonyl (C=O) groups excluding carboxylic acids is 1. The van der Waals surface area contributed by atoms with Crippen LogP contribution in [0, 0.1) is 11.8 Å². The van der Waals surface area contributed by atoms with E-state index >= 15 is 0 Å². The van der Waals surface area contributed by atoms with Gasteiger partial charge in [-0.25, -0.2) is 0 Å². The minimum absolute atomic E-state index is 0.118. The van der Waals surface area contributed by atoms with E-state index in [2.05, 4.69) is 5.32 Å². The van der Waals surface area contributed by atoms with Crippen LogP contribution in [0.15, 0.2) is 0 Å². The number of hydrogen-bond donors (Lipinski definition) is 3. The summed E-state index contributed by atoms with van der Waals surface area (Å²) in [5.74, 6) is 0.433. The zero-order chi connectivity index (χ0) is 12.8. The largest absolute Gasteiger partial charge is 0.389 e. The van der Waals surface area contributed by atoms with Crippen molar-refractivity contribution in [2.45, 2.75) is 38.8 Å². The van der Waals surface area contributed by atoms with Gasteiger partial charge in [-0.3, -0.25) is 4.79 Å². The van der Waals surface area contributed by atoms with Crippen molar-refractivity contribution in [3.8, 4) is 0 Å². The Labute approximate surface area is 103 Å². The number of nitrogens with two attached hydrogens (primary N) is 1. The third kappa shape index (κ3) is 6.00. The molecule has 1 amide bonds. The maximum atomic E-state index is 11.1. The molecule has 1 fully saturated rings. The third-order valence-electron chi connectivity index (χ3n) is 2.91. The number of hydrogen-bond acceptors (Lipinski definition) is 4. The van der Waals surface area contributed by atoms with Crippen molar-refractivity contribution in [2.75, 3.05) is 19.8 Å². The highest BCUT2D eigenvalue weighted by Gasteiger charge is 2.22. The van der Waals surface area contributed by atoms with Crippen molar-refractivity contribution >= 4 is 5.91 Å². The Balaban J connectivity index is 2.11. The van der Waals surface area contributed by atoms with E-state index in [1.807, 2.05) is 13.8 Å². The van der Waals surface area contributed by atoms with E-state index in [0.29, 0.717) is 19.1 Å². The maximum Gasteiger partial charge on any atom is 0.234 e. The maximum absolute atomic E-state index is 11.1. The van der Waals surface area contributed by atoms with Crippen molar-refractivity contribution in [2.24, 2.45) is 17.6 Å². The molecule has 0 spiro atoms. The smallest absolute Gasteiger partial charge is 0.234 e. The molecule has 100 valence electrons. The van der Waals surface area contributed by atoms with Crippen molar-refractivity contribution in [1.82, 2.24) is 5.32 Å². The van der Waals surface area contributed by atoms with Gasteiger partial charge in [-0.2, -0.15) is 0 Å². The first kappa shape index (κ1) is 14.4. The summed E-state index contributed by atoms with van der Waals surface area (Å²) in [6.07, 6.45) is 1.89. The van der Waals surface area contributed by atoms with Crippen LogP contribution >= 0.6 is 0 Å². The number of primary amides is 1. The zero-order valence-corrected chi connectivity index (χ0v) is 10.7. The number of ether oxygens (including phenoxy) is 1. The second-order valence-corrected chi connectivity index (χ2v) is 5.17. The molecule has 1 rings (SSSR count). The van der Waals surface area contributed by atoms with Crippen molar-refractivity contribution in [3.05, 3.63) is 0 Å². The Bertz CT molecular complexity index is 242. The summed E-state index contributed by atoms with van der Waals surface area (Å²) in [4.78, 5) is 11.1. The molecule has 5 heteroatoms. The number of aliphatic hydroxyl groups is 1. The van der Waals surface area contributed by atoms with Gasteiger partial charge in [0.15, 0.2) is 0 Å². The molecule has 0 aromatic rings. The van der Waals surface area contributed by atoms with Gasteiger partial charge < -0.3 is 20.9 Å². The fourth-order valence-corrected chi connectivity index (χ4v) is 1.64. The normalized spacial score (nSPS) is 19.3. The number of amides is 1. The van der Waals surface area contributed by atoms with Crippen LogP contribution in [0.3, 0.4) is 0 Å². The molecule has 1 aliphatic carbocycles. The SMILES string of the molecule is CC(C)C(NCC(O)COCC1CC1)C(N)=O. The van der Waals surface area contributed by atoms with Crippen molar-refractivity contribution in [3.63, 3.8) is 0 Å². The molecular formula is C12H24N2O3. The molecule has 2 atom stereocenters. The Morgan fingerprint density at radius 3 is 2.65 bits per heavy atom. The number of nitrogens with one attached hydrogen (secondary N) is 1. The first-order valence-corrected chi connectivity index (χ1v) is 6.29. The summed E-state index contributed by atoms with van der Waals surface area (Å²) in [6, 6.07) is -0.395. The third-order valence-corrected chi connectivity index (χ3v) is 2.91. The van der Waals surface area contributed by atoms with Crippen LogP contribution in [-0.4, -0.2) is 42.9 Å². The number of aliphatic hydroxyl groups excluding tert-OH is 1. The van der Waals surface area contributed by atoms with Gasteiger partial charge in [-0.1, -0.05) is 13.8 Å². The van der Waals surface area contributed by atoms with Crippen LogP contribution in [0.4, 0.5) is 0 Å². The molecular weight excluding hydrogens is 220 g/mol. The molecule has 2 unspecified atom stereocenters. The second-order valence-electron chi connectivity index (χ2n) is 5.17. The Kier molecular flexibility index (Phi) is 5.88. The van der Waals surface area contributed by atoms with Gasteiger partial charge >= 0.3 is 0 Å². The first-order chi connectivity index (χ1) is 8.00. The van der Waals surface area contributed by atoms with Gasteiger partial charge in [0.25, 0.3) is 0 Å². The van der Waals surface area contributed by atoms with Crippen LogP contribution in [0.2, 0.25) is 0 Å². The number of rotatable bonds is 9. The first-order valence-electron chi connectivity index (χ1n) is 6.29. The zero-order valence-electron chi connectivity index (χ0n) is 10.7. The van der Waals surface area contributed by atoms with Crippen LogP contribution in [0.5, 0.6) is 0 Å². The quantitative estimate of drug-likeness (QED) is 0.527. The molecule has 0 bridgehead atoms. The number of carbonyl (C=O) groups is 1. The molecule has 1 saturated carbocycles. The molecule has 1 aliphatic rings. The van der Waals surface area contributed by atoms with Crippen LogP contribution < -0.4 is 11.1 Å². The van der Waals surface area contributed by atoms with Crippen molar-refractivity contribution in [1.29, 1.82) is 0 Å². The summed E-state index contributed by atoms with van der Waals surface area (Å²) < 4.78 is 5.37. The highest BCUT2D eigenvalue weighted by molar-refractivity contribution is 5.80. The summed E-state index contributed by atoms with van der Waals surface area (Å²) in [6.45, 7) is 5.21. The molecule has 0 heterocycles. The Morgan fingerprint density at radius 1 is 1.53 bits per heavy atom. The lowest BCUT2D eigenvalue weighted by atomic mass is 10.0. The van der Waals surface area contributed by atoms with Gasteiger partial charge in [0.05, 0.1) is 18.8 Å². The minimum atomic E-state index is -0.589. The predicted octanol–water partition coefficient (Wildman–Crippen LogP) is -0.127. The van der Waals surface area contributed by atoms with Crippen LogP contribution in [0.25, 0.3) is 0 Å². The highest BCUT2D eigenvalue weighted by atomic mass is 16.5. The fourth-order valence-electron chi connectivity index (χ4n) is 1.64. The Morgan fingerprint density at radius 2 is 2.18 bits per heavy atom. The van der Waals surface area contributed by atoms with E-state index in [1.165, 1.54) is 12.8 Å². The monoisotopic (exact) mass is 244 g/mol. The molecule has 0 saturated heterocycles. The average Bonchev–Trinajstić information content (AvgIpc) is 3.00. The lowest BCUT2D eigenvalue weighted by Gasteiger charge is -2.21. The van der Waals surface area contributed by atoms with Gasteiger partial charge in [-0.05, 0) is 24.7 Å². The predicted molar refractivity (Wildman–Crippen MR) is 65.4 cm³/mol. The average molecular weight is 244 g/mol. The second kappa shape index (κ2) is 6.93. The summed E-state index contributed by atoms with van der Waals surface area (Å²) in [5.41, 5.74) is 5.26. The van der Waals surface area contributed by atoms with Gasteiger partial charge in [0, 0.05) is 13.2 Å². The molecule has 0 aromatic carbocycles. The molecule has 0 aliphatic heterocycles. The van der Waals surface area contributed by atoms with E-state index < -0.39 is 12.1 Å². The van der Waals surface area contributed by atoms with E-state index in [-0.39, 0.29) is 11.8 Å². The highest BCUT2D eigenvalue weighted by Crippen LogP contribution is 2.28.